The van der Waals surface area contributed by atoms with Crippen LogP contribution in [-0.2, 0) is 23.1 Å². The van der Waals surface area contributed by atoms with E-state index in [4.69, 9.17) is 4.98 Å². The van der Waals surface area contributed by atoms with E-state index >= 15 is 0 Å². The number of nitrogens with zero attached hydrogens (tertiary/aromatic N) is 1. The number of aromatic nitrogens is 2. The van der Waals surface area contributed by atoms with Gasteiger partial charge < -0.3 is 10.1 Å². The SMILES string of the molecule is CC(C)CC1(c2nc3c([nH]2)CC(C(=O)O)CC3)CCCC1. The Morgan fingerprint density at radius 1 is 1.43 bits per heavy atom. The van der Waals surface area contributed by atoms with Crippen molar-refractivity contribution >= 4 is 5.97 Å². The first-order chi connectivity index (χ1) is 10.00. The highest BCUT2D eigenvalue weighted by Gasteiger charge is 2.40. The summed E-state index contributed by atoms with van der Waals surface area (Å²) >= 11 is 0. The van der Waals surface area contributed by atoms with Crippen LogP contribution in [0.3, 0.4) is 0 Å². The van der Waals surface area contributed by atoms with Crippen molar-refractivity contribution in [2.45, 2.75) is 70.6 Å². The summed E-state index contributed by atoms with van der Waals surface area (Å²) < 4.78 is 0. The number of carboxylic acids is 1. The Kier molecular flexibility index (Phi) is 3.80. The van der Waals surface area contributed by atoms with Crippen molar-refractivity contribution in [3.8, 4) is 0 Å². The van der Waals surface area contributed by atoms with Crippen molar-refractivity contribution in [1.82, 2.24) is 9.97 Å². The van der Waals surface area contributed by atoms with Gasteiger partial charge >= 0.3 is 5.97 Å². The van der Waals surface area contributed by atoms with Gasteiger partial charge in [-0.2, -0.15) is 0 Å². The van der Waals surface area contributed by atoms with Crippen molar-refractivity contribution in [2.24, 2.45) is 11.8 Å². The van der Waals surface area contributed by atoms with Crippen LogP contribution in [0.1, 0.15) is 69.6 Å². The minimum Gasteiger partial charge on any atom is -0.481 e. The molecule has 2 aliphatic rings. The molecule has 2 N–H and O–H groups in total. The van der Waals surface area contributed by atoms with Crippen molar-refractivity contribution in [2.75, 3.05) is 0 Å². The van der Waals surface area contributed by atoms with Gasteiger partial charge in [0.1, 0.15) is 5.82 Å². The molecule has 1 aromatic rings. The number of aryl methyl sites for hydroxylation is 1. The second-order valence-electron chi connectivity index (χ2n) is 7.37. The fourth-order valence-electron chi connectivity index (χ4n) is 4.31. The van der Waals surface area contributed by atoms with Gasteiger partial charge in [-0.3, -0.25) is 4.79 Å². The first-order valence-electron chi connectivity index (χ1n) is 8.31. The largest absolute Gasteiger partial charge is 0.481 e. The molecule has 0 spiro atoms. The number of carboxylic acid groups (broad SMARTS) is 1. The van der Waals surface area contributed by atoms with Crippen LogP contribution in [0.15, 0.2) is 0 Å². The summed E-state index contributed by atoms with van der Waals surface area (Å²) in [5, 5.41) is 9.22. The van der Waals surface area contributed by atoms with E-state index in [0.29, 0.717) is 12.3 Å². The number of aliphatic carboxylic acids is 1. The fourth-order valence-corrected chi connectivity index (χ4v) is 4.31. The minimum atomic E-state index is -0.672. The molecule has 0 aliphatic heterocycles. The number of fused-ring (bicyclic) bond motifs is 1. The number of imidazole rings is 1. The highest BCUT2D eigenvalue weighted by molar-refractivity contribution is 5.70. The van der Waals surface area contributed by atoms with E-state index in [-0.39, 0.29) is 11.3 Å². The van der Waals surface area contributed by atoms with Crippen LogP contribution in [0, 0.1) is 11.8 Å². The van der Waals surface area contributed by atoms with E-state index in [0.717, 1.165) is 30.1 Å². The summed E-state index contributed by atoms with van der Waals surface area (Å²) in [7, 11) is 0. The molecule has 1 atom stereocenters. The number of nitrogens with one attached hydrogen (secondary N) is 1. The summed E-state index contributed by atoms with van der Waals surface area (Å²) in [6.45, 7) is 4.56. The molecule has 2 aliphatic carbocycles. The van der Waals surface area contributed by atoms with E-state index in [2.05, 4.69) is 18.8 Å². The fraction of sp³-hybridized carbons (Fsp3) is 0.765. The summed E-state index contributed by atoms with van der Waals surface area (Å²) in [6.07, 6.45) is 8.35. The first kappa shape index (κ1) is 14.6. The topological polar surface area (TPSA) is 66.0 Å². The van der Waals surface area contributed by atoms with E-state index in [9.17, 15) is 9.90 Å². The van der Waals surface area contributed by atoms with Crippen LogP contribution in [0.5, 0.6) is 0 Å². The Labute approximate surface area is 126 Å². The van der Waals surface area contributed by atoms with Gasteiger partial charge in [-0.15, -0.1) is 0 Å². The van der Waals surface area contributed by atoms with Gasteiger partial charge in [0.05, 0.1) is 11.6 Å². The molecule has 0 aromatic carbocycles. The smallest absolute Gasteiger partial charge is 0.306 e. The van der Waals surface area contributed by atoms with Crippen molar-refractivity contribution in [3.63, 3.8) is 0 Å². The van der Waals surface area contributed by atoms with Gasteiger partial charge in [-0.25, -0.2) is 4.98 Å². The Balaban J connectivity index is 1.88. The Morgan fingerprint density at radius 2 is 2.14 bits per heavy atom. The molecule has 4 heteroatoms. The standard InChI is InChI=1S/C17H26N2O2/c1-11(2)10-17(7-3-4-8-17)16-18-13-6-5-12(15(20)21)9-14(13)19-16/h11-12H,3-10H2,1-2H3,(H,18,19)(H,20,21). The molecule has 1 unspecified atom stereocenters. The lowest BCUT2D eigenvalue weighted by molar-refractivity contribution is -0.142. The molecular formula is C17H26N2O2. The van der Waals surface area contributed by atoms with Crippen molar-refractivity contribution in [3.05, 3.63) is 17.2 Å². The maximum atomic E-state index is 11.2. The summed E-state index contributed by atoms with van der Waals surface area (Å²) in [4.78, 5) is 19.6. The quantitative estimate of drug-likeness (QED) is 0.892. The zero-order valence-corrected chi connectivity index (χ0v) is 13.1. The van der Waals surface area contributed by atoms with Crippen LogP contribution in [-0.4, -0.2) is 21.0 Å². The third-order valence-corrected chi connectivity index (χ3v) is 5.26. The van der Waals surface area contributed by atoms with Gasteiger partial charge in [0.15, 0.2) is 0 Å². The predicted molar refractivity (Wildman–Crippen MR) is 81.3 cm³/mol. The van der Waals surface area contributed by atoms with Gasteiger partial charge in [-0.05, 0) is 38.0 Å². The maximum Gasteiger partial charge on any atom is 0.306 e. The van der Waals surface area contributed by atoms with Gasteiger partial charge in [0.2, 0.25) is 0 Å². The molecule has 1 aromatic heterocycles. The van der Waals surface area contributed by atoms with Gasteiger partial charge in [0, 0.05) is 17.5 Å². The Bertz CT molecular complexity index is 527. The lowest BCUT2D eigenvalue weighted by atomic mass is 9.78. The third kappa shape index (κ3) is 2.72. The van der Waals surface area contributed by atoms with Crippen LogP contribution in [0.2, 0.25) is 0 Å². The molecule has 3 rings (SSSR count). The van der Waals surface area contributed by atoms with Crippen LogP contribution >= 0.6 is 0 Å². The molecule has 21 heavy (non-hydrogen) atoms. The minimum absolute atomic E-state index is 0.213. The Morgan fingerprint density at radius 3 is 2.76 bits per heavy atom. The van der Waals surface area contributed by atoms with Crippen LogP contribution in [0.25, 0.3) is 0 Å². The summed E-state index contributed by atoms with van der Waals surface area (Å²) in [6, 6.07) is 0. The van der Waals surface area contributed by atoms with Gasteiger partial charge in [0.25, 0.3) is 0 Å². The molecule has 1 heterocycles. The molecule has 0 radical (unpaired) electrons. The van der Waals surface area contributed by atoms with Crippen molar-refractivity contribution < 1.29 is 9.90 Å². The number of H-pyrrole nitrogens is 1. The predicted octanol–water partition coefficient (Wildman–Crippen LogP) is 3.46. The number of carbonyl (C=O) groups is 1. The zero-order valence-electron chi connectivity index (χ0n) is 13.1. The molecule has 1 saturated carbocycles. The second kappa shape index (κ2) is 5.47. The molecule has 4 nitrogen and oxygen atoms in total. The number of hydrogen-bond acceptors (Lipinski definition) is 2. The van der Waals surface area contributed by atoms with Gasteiger partial charge in [-0.1, -0.05) is 26.7 Å². The first-order valence-corrected chi connectivity index (χ1v) is 8.31. The van der Waals surface area contributed by atoms with E-state index in [1.807, 2.05) is 0 Å². The monoisotopic (exact) mass is 290 g/mol. The average Bonchev–Trinajstić information content (AvgIpc) is 3.03. The van der Waals surface area contributed by atoms with E-state index in [1.54, 1.807) is 0 Å². The summed E-state index contributed by atoms with van der Waals surface area (Å²) in [5.74, 6) is 0.895. The average molecular weight is 290 g/mol. The van der Waals surface area contributed by atoms with E-state index < -0.39 is 5.97 Å². The molecular weight excluding hydrogens is 264 g/mol. The molecule has 0 bridgehead atoms. The lowest BCUT2D eigenvalue weighted by Crippen LogP contribution is -2.26. The highest BCUT2D eigenvalue weighted by atomic mass is 16.4. The molecule has 1 fully saturated rings. The maximum absolute atomic E-state index is 11.2. The molecule has 0 saturated heterocycles. The zero-order chi connectivity index (χ0) is 15.0. The van der Waals surface area contributed by atoms with Crippen molar-refractivity contribution in [1.29, 1.82) is 0 Å². The number of hydrogen-bond donors (Lipinski definition) is 2. The van der Waals surface area contributed by atoms with Crippen LogP contribution in [0.4, 0.5) is 0 Å². The Hall–Kier alpha value is -1.32. The second-order valence-corrected chi connectivity index (χ2v) is 7.37. The molecule has 0 amide bonds. The number of rotatable bonds is 4. The summed E-state index contributed by atoms with van der Waals surface area (Å²) in [5.41, 5.74) is 2.42. The third-order valence-electron chi connectivity index (χ3n) is 5.26. The number of aromatic amines is 1. The highest BCUT2D eigenvalue weighted by Crippen LogP contribution is 2.45. The van der Waals surface area contributed by atoms with Crippen LogP contribution < -0.4 is 0 Å². The molecule has 116 valence electrons. The lowest BCUT2D eigenvalue weighted by Gasteiger charge is -2.28. The van der Waals surface area contributed by atoms with E-state index in [1.165, 1.54) is 32.1 Å². The normalized spacial score (nSPS) is 24.2.